The first-order valence-corrected chi connectivity index (χ1v) is 9.97. The van der Waals surface area contributed by atoms with E-state index in [1.165, 1.54) is 55.5 Å². The molecular weight excluding hydrogens is 318 g/mol. The third kappa shape index (κ3) is 3.01. The van der Waals surface area contributed by atoms with Crippen molar-refractivity contribution in [1.82, 2.24) is 9.88 Å². The summed E-state index contributed by atoms with van der Waals surface area (Å²) in [6.45, 7) is 5.86. The van der Waals surface area contributed by atoms with E-state index in [4.69, 9.17) is 0 Å². The number of nitrogens with one attached hydrogen (secondary N) is 1. The molecule has 0 amide bonds. The number of rotatable bonds is 4. The van der Waals surface area contributed by atoms with Crippen molar-refractivity contribution in [2.24, 2.45) is 5.92 Å². The van der Waals surface area contributed by atoms with Crippen LogP contribution in [-0.4, -0.2) is 42.6 Å². The van der Waals surface area contributed by atoms with Crippen LogP contribution in [0.25, 0.3) is 10.9 Å². The average Bonchev–Trinajstić information content (AvgIpc) is 3.33. The number of aromatic amines is 1. The van der Waals surface area contributed by atoms with Gasteiger partial charge in [-0.1, -0.05) is 36.4 Å². The molecule has 0 radical (unpaired) electrons. The van der Waals surface area contributed by atoms with E-state index in [0.717, 1.165) is 19.0 Å². The minimum absolute atomic E-state index is 0.845. The number of aromatic nitrogens is 1. The summed E-state index contributed by atoms with van der Waals surface area (Å²) < 4.78 is 0. The molecule has 1 N–H and O–H groups in total. The van der Waals surface area contributed by atoms with Gasteiger partial charge in [0.1, 0.15) is 0 Å². The molecule has 26 heavy (non-hydrogen) atoms. The Morgan fingerprint density at radius 2 is 1.62 bits per heavy atom. The van der Waals surface area contributed by atoms with E-state index < -0.39 is 0 Å². The van der Waals surface area contributed by atoms with Crippen LogP contribution in [-0.2, 0) is 12.8 Å². The van der Waals surface area contributed by atoms with Gasteiger partial charge in [0.05, 0.1) is 11.2 Å². The van der Waals surface area contributed by atoms with Crippen molar-refractivity contribution >= 4 is 16.6 Å². The molecule has 0 bridgehead atoms. The lowest BCUT2D eigenvalue weighted by Crippen LogP contribution is -2.47. The Morgan fingerprint density at radius 3 is 2.38 bits per heavy atom. The molecule has 3 aromatic rings. The first-order chi connectivity index (χ1) is 12.9. The largest absolute Gasteiger partial charge is 0.367 e. The summed E-state index contributed by atoms with van der Waals surface area (Å²) in [4.78, 5) is 8.62. The van der Waals surface area contributed by atoms with Crippen molar-refractivity contribution in [1.29, 1.82) is 0 Å². The van der Waals surface area contributed by atoms with Gasteiger partial charge in [-0.15, -0.1) is 0 Å². The number of H-pyrrole nitrogens is 1. The Morgan fingerprint density at radius 1 is 0.846 bits per heavy atom. The van der Waals surface area contributed by atoms with E-state index in [2.05, 4.69) is 63.3 Å². The fraction of sp³-hybridized carbons (Fsp3) is 0.391. The Balaban J connectivity index is 1.15. The van der Waals surface area contributed by atoms with Crippen molar-refractivity contribution in [3.05, 3.63) is 65.9 Å². The average molecular weight is 345 g/mol. The van der Waals surface area contributed by atoms with Gasteiger partial charge in [-0.05, 0) is 55.0 Å². The van der Waals surface area contributed by atoms with E-state index in [0.29, 0.717) is 0 Å². The second kappa shape index (κ2) is 6.81. The lowest BCUT2D eigenvalue weighted by atomic mass is 10.0. The molecule has 0 spiro atoms. The molecule has 2 aromatic carbocycles. The molecule has 2 heterocycles. The van der Waals surface area contributed by atoms with Gasteiger partial charge in [0.25, 0.3) is 0 Å². The Labute approximate surface area is 155 Å². The number of fused-ring (bicyclic) bond motifs is 2. The third-order valence-corrected chi connectivity index (χ3v) is 6.27. The number of hydrogen-bond donors (Lipinski definition) is 1. The van der Waals surface area contributed by atoms with Gasteiger partial charge < -0.3 is 9.88 Å². The van der Waals surface area contributed by atoms with Crippen molar-refractivity contribution in [3.8, 4) is 0 Å². The van der Waals surface area contributed by atoms with Crippen LogP contribution in [0.15, 0.2) is 54.7 Å². The molecule has 5 rings (SSSR count). The zero-order valence-electron chi connectivity index (χ0n) is 15.3. The molecule has 1 aliphatic heterocycles. The second-order valence-corrected chi connectivity index (χ2v) is 7.88. The van der Waals surface area contributed by atoms with Crippen molar-refractivity contribution in [2.45, 2.75) is 19.3 Å². The molecule has 1 aliphatic carbocycles. The maximum absolute atomic E-state index is 3.41. The Bertz CT molecular complexity index is 864. The normalized spacial score (nSPS) is 18.5. The Hall–Kier alpha value is -2.26. The summed E-state index contributed by atoms with van der Waals surface area (Å²) in [5.74, 6) is 0.845. The molecule has 2 aliphatic rings. The van der Waals surface area contributed by atoms with Crippen molar-refractivity contribution in [2.75, 3.05) is 37.6 Å². The van der Waals surface area contributed by atoms with Gasteiger partial charge in [-0.3, -0.25) is 4.90 Å². The van der Waals surface area contributed by atoms with Gasteiger partial charge in [0.2, 0.25) is 0 Å². The van der Waals surface area contributed by atoms with Gasteiger partial charge in [-0.25, -0.2) is 0 Å². The van der Waals surface area contributed by atoms with Crippen LogP contribution in [0.2, 0.25) is 0 Å². The molecule has 0 saturated carbocycles. The van der Waals surface area contributed by atoms with Crippen molar-refractivity contribution in [3.63, 3.8) is 0 Å². The molecular formula is C23H27N3. The molecule has 1 aromatic heterocycles. The fourth-order valence-electron chi connectivity index (χ4n) is 4.76. The molecule has 1 saturated heterocycles. The number of piperazine rings is 1. The van der Waals surface area contributed by atoms with Gasteiger partial charge in [0, 0.05) is 37.8 Å². The number of anilines is 1. The summed E-state index contributed by atoms with van der Waals surface area (Å²) in [6, 6.07) is 17.8. The van der Waals surface area contributed by atoms with E-state index in [-0.39, 0.29) is 0 Å². The van der Waals surface area contributed by atoms with Crippen molar-refractivity contribution < 1.29 is 0 Å². The molecule has 3 heteroatoms. The molecule has 134 valence electrons. The predicted octanol–water partition coefficient (Wildman–Crippen LogP) is 4.10. The van der Waals surface area contributed by atoms with Gasteiger partial charge in [-0.2, -0.15) is 0 Å². The van der Waals surface area contributed by atoms with Crippen LogP contribution < -0.4 is 4.90 Å². The predicted molar refractivity (Wildman–Crippen MR) is 109 cm³/mol. The minimum atomic E-state index is 0.845. The highest BCUT2D eigenvalue weighted by atomic mass is 15.3. The maximum atomic E-state index is 3.41. The number of para-hydroxylation sites is 1. The highest BCUT2D eigenvalue weighted by Crippen LogP contribution is 2.29. The third-order valence-electron chi connectivity index (χ3n) is 6.27. The SMILES string of the molecule is c1ccc2c(c1)CC(CCN1CCN(c3cccc4cc[nH]c34)CC1)C2. The van der Waals surface area contributed by atoms with Crippen LogP contribution in [0.1, 0.15) is 17.5 Å². The van der Waals surface area contributed by atoms with E-state index >= 15 is 0 Å². The summed E-state index contributed by atoms with van der Waals surface area (Å²) >= 11 is 0. The second-order valence-electron chi connectivity index (χ2n) is 7.88. The highest BCUT2D eigenvalue weighted by Gasteiger charge is 2.23. The van der Waals surface area contributed by atoms with E-state index in [9.17, 15) is 0 Å². The lowest BCUT2D eigenvalue weighted by Gasteiger charge is -2.36. The molecule has 0 unspecified atom stereocenters. The summed E-state index contributed by atoms with van der Waals surface area (Å²) in [5, 5.41) is 1.31. The standard InChI is InChI=1S/C23H27N3/c1-2-5-21-17-18(16-20(21)4-1)9-11-25-12-14-26(15-13-25)22-7-3-6-19-8-10-24-23(19)22/h1-8,10,18,24H,9,11-17H2. The van der Waals surface area contributed by atoms with Gasteiger partial charge in [0.15, 0.2) is 0 Å². The molecule has 3 nitrogen and oxygen atoms in total. The number of benzene rings is 2. The zero-order chi connectivity index (χ0) is 17.3. The monoisotopic (exact) mass is 345 g/mol. The number of nitrogens with zero attached hydrogens (tertiary/aromatic N) is 2. The first-order valence-electron chi connectivity index (χ1n) is 9.97. The quantitative estimate of drug-likeness (QED) is 0.769. The Kier molecular flexibility index (Phi) is 4.18. The maximum Gasteiger partial charge on any atom is 0.0691 e. The zero-order valence-corrected chi connectivity index (χ0v) is 15.3. The lowest BCUT2D eigenvalue weighted by molar-refractivity contribution is 0.239. The number of hydrogen-bond acceptors (Lipinski definition) is 2. The smallest absolute Gasteiger partial charge is 0.0691 e. The van der Waals surface area contributed by atoms with Crippen LogP contribution >= 0.6 is 0 Å². The van der Waals surface area contributed by atoms with Crippen LogP contribution in [0.5, 0.6) is 0 Å². The first kappa shape index (κ1) is 16.0. The fourth-order valence-corrected chi connectivity index (χ4v) is 4.76. The minimum Gasteiger partial charge on any atom is -0.367 e. The molecule has 1 fully saturated rings. The van der Waals surface area contributed by atoms with Crippen LogP contribution in [0, 0.1) is 5.92 Å². The summed E-state index contributed by atoms with van der Waals surface area (Å²) in [5.41, 5.74) is 5.81. The topological polar surface area (TPSA) is 22.3 Å². The van der Waals surface area contributed by atoms with Crippen LogP contribution in [0.4, 0.5) is 5.69 Å². The van der Waals surface area contributed by atoms with E-state index in [1.807, 2.05) is 6.20 Å². The highest BCUT2D eigenvalue weighted by molar-refractivity contribution is 5.91. The van der Waals surface area contributed by atoms with Crippen LogP contribution in [0.3, 0.4) is 0 Å². The molecule has 0 atom stereocenters. The van der Waals surface area contributed by atoms with E-state index in [1.54, 1.807) is 11.1 Å². The summed E-state index contributed by atoms with van der Waals surface area (Å²) in [6.07, 6.45) is 5.95. The van der Waals surface area contributed by atoms with Gasteiger partial charge >= 0.3 is 0 Å². The summed E-state index contributed by atoms with van der Waals surface area (Å²) in [7, 11) is 0.